The van der Waals surface area contributed by atoms with E-state index in [9.17, 15) is 14.9 Å². The Labute approximate surface area is 177 Å². The van der Waals surface area contributed by atoms with E-state index in [1.165, 1.54) is 22.2 Å². The van der Waals surface area contributed by atoms with E-state index in [-0.39, 0.29) is 18.0 Å². The van der Waals surface area contributed by atoms with Crippen LogP contribution in [0.5, 0.6) is 0 Å². The van der Waals surface area contributed by atoms with Crippen LogP contribution in [0.4, 0.5) is 5.69 Å². The quantitative estimate of drug-likeness (QED) is 0.541. The van der Waals surface area contributed by atoms with Gasteiger partial charge >= 0.3 is 0 Å². The zero-order chi connectivity index (χ0) is 21.3. The van der Waals surface area contributed by atoms with Crippen LogP contribution in [0.1, 0.15) is 31.9 Å². The number of amides is 1. The highest BCUT2D eigenvalue weighted by molar-refractivity contribution is 7.20. The van der Waals surface area contributed by atoms with Crippen LogP contribution >= 0.6 is 11.3 Å². The predicted molar refractivity (Wildman–Crippen MR) is 118 cm³/mol. The van der Waals surface area contributed by atoms with Gasteiger partial charge < -0.3 is 5.32 Å². The number of nitriles is 1. The van der Waals surface area contributed by atoms with E-state index in [0.29, 0.717) is 26.2 Å². The molecule has 6 nitrogen and oxygen atoms in total. The van der Waals surface area contributed by atoms with Crippen molar-refractivity contribution in [1.82, 2.24) is 9.55 Å². The molecule has 1 amide bonds. The summed E-state index contributed by atoms with van der Waals surface area (Å²) in [4.78, 5) is 31.4. The lowest BCUT2D eigenvalue weighted by atomic mass is 10.1. The third kappa shape index (κ3) is 3.49. The fourth-order valence-electron chi connectivity index (χ4n) is 3.33. The number of hydrogen-bond acceptors (Lipinski definition) is 5. The molecule has 148 valence electrons. The van der Waals surface area contributed by atoms with Crippen LogP contribution in [0.2, 0.25) is 0 Å². The summed E-state index contributed by atoms with van der Waals surface area (Å²) in [6.07, 6.45) is 1.47. The Balaban J connectivity index is 1.72. The highest BCUT2D eigenvalue weighted by Crippen LogP contribution is 2.28. The van der Waals surface area contributed by atoms with Crippen molar-refractivity contribution in [3.63, 3.8) is 0 Å². The molecule has 4 aromatic rings. The van der Waals surface area contributed by atoms with Gasteiger partial charge in [-0.2, -0.15) is 5.26 Å². The molecule has 2 heterocycles. The summed E-state index contributed by atoms with van der Waals surface area (Å²) in [6.45, 7) is 3.93. The van der Waals surface area contributed by atoms with Gasteiger partial charge in [-0.05, 0) is 42.7 Å². The molecule has 1 N–H and O–H groups in total. The normalized spacial score (nSPS) is 10.7. The predicted octanol–water partition coefficient (Wildman–Crippen LogP) is 4.25. The van der Waals surface area contributed by atoms with Crippen LogP contribution in [-0.2, 0) is 6.54 Å². The number of rotatable bonds is 4. The maximum Gasteiger partial charge on any atom is 0.266 e. The summed E-state index contributed by atoms with van der Waals surface area (Å²) < 4.78 is 1.47. The van der Waals surface area contributed by atoms with Gasteiger partial charge in [-0.1, -0.05) is 36.4 Å². The second-order valence-corrected chi connectivity index (χ2v) is 7.95. The van der Waals surface area contributed by atoms with Gasteiger partial charge in [0.2, 0.25) is 0 Å². The molecule has 0 saturated heterocycles. The van der Waals surface area contributed by atoms with Gasteiger partial charge in [0.05, 0.1) is 34.8 Å². The molecule has 0 spiro atoms. The summed E-state index contributed by atoms with van der Waals surface area (Å²) in [5.41, 5.74) is 3.34. The molecule has 0 radical (unpaired) electrons. The average molecular weight is 414 g/mol. The van der Waals surface area contributed by atoms with E-state index in [2.05, 4.69) is 16.4 Å². The number of fused-ring (bicyclic) bond motifs is 1. The Bertz CT molecular complexity index is 1380. The molecule has 4 rings (SSSR count). The Hall–Kier alpha value is -3.76. The highest BCUT2D eigenvalue weighted by Gasteiger charge is 2.20. The Morgan fingerprint density at radius 3 is 2.67 bits per heavy atom. The van der Waals surface area contributed by atoms with E-state index in [0.717, 1.165) is 16.8 Å². The van der Waals surface area contributed by atoms with E-state index >= 15 is 0 Å². The molecule has 0 saturated carbocycles. The van der Waals surface area contributed by atoms with E-state index < -0.39 is 0 Å². The minimum atomic E-state index is -0.259. The number of nitrogens with one attached hydrogen (secondary N) is 1. The molecule has 0 fully saturated rings. The Morgan fingerprint density at radius 2 is 1.90 bits per heavy atom. The second-order valence-electron chi connectivity index (χ2n) is 6.95. The zero-order valence-electron chi connectivity index (χ0n) is 16.5. The molecule has 0 aliphatic heterocycles. The number of aryl methyl sites for hydroxylation is 2. The van der Waals surface area contributed by atoms with Crippen molar-refractivity contribution in [2.75, 3.05) is 5.32 Å². The van der Waals surface area contributed by atoms with Crippen LogP contribution in [0.25, 0.3) is 10.2 Å². The molecule has 0 aliphatic carbocycles. The van der Waals surface area contributed by atoms with Gasteiger partial charge in [0.25, 0.3) is 11.5 Å². The zero-order valence-corrected chi connectivity index (χ0v) is 17.3. The van der Waals surface area contributed by atoms with Crippen molar-refractivity contribution < 1.29 is 4.79 Å². The molecule has 2 aromatic carbocycles. The maximum absolute atomic E-state index is 13.1. The first-order valence-corrected chi connectivity index (χ1v) is 10.1. The monoisotopic (exact) mass is 414 g/mol. The largest absolute Gasteiger partial charge is 0.321 e. The van der Waals surface area contributed by atoms with Crippen molar-refractivity contribution >= 4 is 33.1 Å². The minimum Gasteiger partial charge on any atom is -0.321 e. The van der Waals surface area contributed by atoms with Crippen LogP contribution in [0.15, 0.2) is 59.7 Å². The fourth-order valence-corrected chi connectivity index (χ4v) is 4.37. The van der Waals surface area contributed by atoms with Gasteiger partial charge in [0.1, 0.15) is 4.83 Å². The molecular formula is C23H18N4O2S. The van der Waals surface area contributed by atoms with Crippen molar-refractivity contribution in [2.45, 2.75) is 20.4 Å². The molecular weight excluding hydrogens is 396 g/mol. The molecule has 0 atom stereocenters. The summed E-state index contributed by atoms with van der Waals surface area (Å²) in [5, 5.41) is 12.6. The lowest BCUT2D eigenvalue weighted by Gasteiger charge is -2.08. The minimum absolute atomic E-state index is 0.226. The van der Waals surface area contributed by atoms with E-state index in [1.54, 1.807) is 19.1 Å². The summed E-state index contributed by atoms with van der Waals surface area (Å²) in [7, 11) is 0. The maximum atomic E-state index is 13.1. The van der Waals surface area contributed by atoms with Crippen LogP contribution in [0.3, 0.4) is 0 Å². The Morgan fingerprint density at radius 1 is 1.17 bits per heavy atom. The first-order valence-electron chi connectivity index (χ1n) is 9.33. The van der Waals surface area contributed by atoms with Crippen molar-refractivity contribution in [3.8, 4) is 6.07 Å². The first-order chi connectivity index (χ1) is 14.5. The fraction of sp³-hybridized carbons (Fsp3) is 0.130. The second kappa shape index (κ2) is 7.93. The highest BCUT2D eigenvalue weighted by atomic mass is 32.1. The van der Waals surface area contributed by atoms with Crippen molar-refractivity contribution in [3.05, 3.63) is 92.3 Å². The summed E-state index contributed by atoms with van der Waals surface area (Å²) in [6, 6.07) is 16.8. The molecule has 2 aromatic heterocycles. The number of para-hydroxylation sites is 1. The standard InChI is InChI=1S/C23H18N4O2S/c1-14-7-3-6-10-18(14)26-21(28)20-15(2)19-22(30-20)25-13-27(23(19)29)12-17-9-5-4-8-16(17)11-24/h3-10,13H,12H2,1-2H3,(H,26,28). The third-order valence-corrected chi connectivity index (χ3v) is 6.19. The molecule has 30 heavy (non-hydrogen) atoms. The van der Waals surface area contributed by atoms with Crippen molar-refractivity contribution in [1.29, 1.82) is 5.26 Å². The van der Waals surface area contributed by atoms with Gasteiger partial charge in [0.15, 0.2) is 0 Å². The molecule has 7 heteroatoms. The van der Waals surface area contributed by atoms with Gasteiger partial charge in [-0.15, -0.1) is 11.3 Å². The summed E-state index contributed by atoms with van der Waals surface area (Å²) in [5.74, 6) is -0.259. The van der Waals surface area contributed by atoms with Gasteiger partial charge in [-0.3, -0.25) is 14.2 Å². The van der Waals surface area contributed by atoms with Crippen LogP contribution < -0.4 is 10.9 Å². The smallest absolute Gasteiger partial charge is 0.266 e. The molecule has 0 unspecified atom stereocenters. The Kier molecular flexibility index (Phi) is 5.17. The van der Waals surface area contributed by atoms with Crippen LogP contribution in [0, 0.1) is 25.2 Å². The summed E-state index contributed by atoms with van der Waals surface area (Å²) >= 11 is 1.21. The lowest BCUT2D eigenvalue weighted by molar-refractivity contribution is 0.103. The first kappa shape index (κ1) is 19.6. The number of anilines is 1. The SMILES string of the molecule is Cc1ccccc1NC(=O)c1sc2ncn(Cc3ccccc3C#N)c(=O)c2c1C. The number of carbonyl (C=O) groups is 1. The number of hydrogen-bond donors (Lipinski definition) is 1. The lowest BCUT2D eigenvalue weighted by Crippen LogP contribution is -2.21. The topological polar surface area (TPSA) is 87.8 Å². The molecule has 0 aliphatic rings. The van der Waals surface area contributed by atoms with Crippen molar-refractivity contribution in [2.24, 2.45) is 0 Å². The third-order valence-electron chi connectivity index (χ3n) is 5.00. The number of thiophene rings is 1. The van der Waals surface area contributed by atoms with E-state index in [1.807, 2.05) is 43.3 Å². The van der Waals surface area contributed by atoms with Crippen LogP contribution in [-0.4, -0.2) is 15.5 Å². The number of benzene rings is 2. The molecule has 0 bridgehead atoms. The van der Waals surface area contributed by atoms with E-state index in [4.69, 9.17) is 0 Å². The number of aromatic nitrogens is 2. The van der Waals surface area contributed by atoms with Gasteiger partial charge in [-0.25, -0.2) is 4.98 Å². The average Bonchev–Trinajstić information content (AvgIpc) is 3.09. The number of nitrogens with zero attached hydrogens (tertiary/aromatic N) is 3. The van der Waals surface area contributed by atoms with Gasteiger partial charge in [0, 0.05) is 5.69 Å². The number of carbonyl (C=O) groups excluding carboxylic acids is 1.